The van der Waals surface area contributed by atoms with E-state index in [9.17, 15) is 10.2 Å². The van der Waals surface area contributed by atoms with Crippen molar-refractivity contribution in [3.8, 4) is 0 Å². The van der Waals surface area contributed by atoms with Crippen LogP contribution in [-0.4, -0.2) is 50.9 Å². The molecule has 0 amide bonds. The number of aliphatic hydroxyl groups is 2. The molecular weight excluding hydrogens is 444 g/mol. The zero-order valence-electron chi connectivity index (χ0n) is 21.6. The maximum absolute atomic E-state index is 12.4. The third-order valence-electron chi connectivity index (χ3n) is 11.0. The molecule has 1 aromatic carbocycles. The number of fused-ring (bicyclic) bond motifs is 5. The average molecular weight is 485 g/mol. The van der Waals surface area contributed by atoms with E-state index in [2.05, 4.69) is 53.2 Å². The van der Waals surface area contributed by atoms with Gasteiger partial charge in [-0.15, -0.1) is 0 Å². The van der Waals surface area contributed by atoms with Crippen LogP contribution >= 0.6 is 0 Å². The molecule has 7 rings (SSSR count). The van der Waals surface area contributed by atoms with Gasteiger partial charge in [0.05, 0.1) is 11.7 Å². The summed E-state index contributed by atoms with van der Waals surface area (Å²) >= 11 is 0. The summed E-state index contributed by atoms with van der Waals surface area (Å²) in [5.41, 5.74) is 3.59. The summed E-state index contributed by atoms with van der Waals surface area (Å²) in [4.78, 5) is 6.89. The van der Waals surface area contributed by atoms with Crippen LogP contribution in [0, 0.1) is 17.3 Å². The molecule has 2 saturated carbocycles. The van der Waals surface area contributed by atoms with Crippen LogP contribution < -0.4 is 0 Å². The van der Waals surface area contributed by atoms with Crippen molar-refractivity contribution in [2.24, 2.45) is 17.3 Å². The van der Waals surface area contributed by atoms with E-state index in [0.717, 1.165) is 58.0 Å². The van der Waals surface area contributed by atoms with Crippen LogP contribution in [0.15, 0.2) is 60.0 Å². The number of hydrogen-bond donors (Lipinski definition) is 2. The standard InChI is InChI=1S/C32H40N2O2/c1-31-12-9-26-17-22-4-5-27(34-15-11-28(35)20-34)18-23(22)8-13-32(26,36)30(31)7-6-29(31)24-3-2-21-10-14-33-19-25(21)16-24/h2-3,9-10,14,16-17,19,23,27-30,35-36H,4-8,11-13,15,18,20H2,1H3/t23?,27?,28?,29?,30?,31?,32-/m1/s1. The molecule has 4 heteroatoms. The molecule has 1 aromatic heterocycles. The maximum Gasteiger partial charge on any atom is 0.0927 e. The number of rotatable bonds is 2. The van der Waals surface area contributed by atoms with Crippen molar-refractivity contribution in [2.75, 3.05) is 13.1 Å². The molecule has 7 atom stereocenters. The van der Waals surface area contributed by atoms with Crippen LogP contribution in [0.4, 0.5) is 0 Å². The molecule has 36 heavy (non-hydrogen) atoms. The molecule has 0 bridgehead atoms. The van der Waals surface area contributed by atoms with Crippen LogP contribution in [0.5, 0.6) is 0 Å². The van der Waals surface area contributed by atoms with E-state index in [1.54, 1.807) is 5.57 Å². The van der Waals surface area contributed by atoms with Gasteiger partial charge in [0.1, 0.15) is 0 Å². The number of aromatic nitrogens is 1. The van der Waals surface area contributed by atoms with Gasteiger partial charge in [0, 0.05) is 36.9 Å². The number of β-amino-alcohol motifs (C(OH)–C–C–N with tert-alkyl or cyclic N) is 1. The van der Waals surface area contributed by atoms with Gasteiger partial charge in [-0.1, -0.05) is 36.8 Å². The number of aliphatic hydroxyl groups excluding tert-OH is 1. The minimum atomic E-state index is -0.705. The van der Waals surface area contributed by atoms with Crippen molar-refractivity contribution < 1.29 is 10.2 Å². The van der Waals surface area contributed by atoms with Gasteiger partial charge in [-0.2, -0.15) is 0 Å². The largest absolute Gasteiger partial charge is 0.392 e. The summed E-state index contributed by atoms with van der Waals surface area (Å²) in [5, 5.41) is 25.0. The van der Waals surface area contributed by atoms with Gasteiger partial charge in [-0.05, 0) is 110 Å². The number of allylic oxidation sites excluding steroid dienone is 2. The van der Waals surface area contributed by atoms with Crippen LogP contribution in [0.25, 0.3) is 10.8 Å². The quantitative estimate of drug-likeness (QED) is 0.570. The number of benzene rings is 1. The summed E-state index contributed by atoms with van der Waals surface area (Å²) in [6.45, 7) is 4.34. The Morgan fingerprint density at radius 2 is 1.97 bits per heavy atom. The molecule has 2 aromatic rings. The summed E-state index contributed by atoms with van der Waals surface area (Å²) in [6.07, 6.45) is 18.3. The third kappa shape index (κ3) is 3.55. The Kier molecular flexibility index (Phi) is 5.47. The lowest BCUT2D eigenvalue weighted by Gasteiger charge is -2.49. The number of hydrogen-bond acceptors (Lipinski definition) is 4. The summed E-state index contributed by atoms with van der Waals surface area (Å²) < 4.78 is 0. The van der Waals surface area contributed by atoms with E-state index in [4.69, 9.17) is 0 Å². The Labute approximate surface area is 215 Å². The number of likely N-dealkylation sites (tertiary alicyclic amines) is 1. The highest BCUT2D eigenvalue weighted by Gasteiger charge is 2.58. The van der Waals surface area contributed by atoms with E-state index in [-0.39, 0.29) is 11.5 Å². The lowest BCUT2D eigenvalue weighted by atomic mass is 9.58. The Morgan fingerprint density at radius 3 is 2.83 bits per heavy atom. The van der Waals surface area contributed by atoms with Gasteiger partial charge in [-0.3, -0.25) is 9.88 Å². The summed E-state index contributed by atoms with van der Waals surface area (Å²) in [5.74, 6) is 1.35. The zero-order chi connectivity index (χ0) is 24.5. The maximum atomic E-state index is 12.4. The van der Waals surface area contributed by atoms with Crippen molar-refractivity contribution in [1.29, 1.82) is 0 Å². The predicted molar refractivity (Wildman–Crippen MR) is 144 cm³/mol. The van der Waals surface area contributed by atoms with Gasteiger partial charge >= 0.3 is 0 Å². The monoisotopic (exact) mass is 484 g/mol. The molecular formula is C32H40N2O2. The van der Waals surface area contributed by atoms with Crippen molar-refractivity contribution in [3.63, 3.8) is 0 Å². The second-order valence-corrected chi connectivity index (χ2v) is 12.8. The van der Waals surface area contributed by atoms with E-state index >= 15 is 0 Å². The van der Waals surface area contributed by atoms with Gasteiger partial charge in [0.2, 0.25) is 0 Å². The highest BCUT2D eigenvalue weighted by molar-refractivity contribution is 5.82. The van der Waals surface area contributed by atoms with Crippen molar-refractivity contribution >= 4 is 10.8 Å². The highest BCUT2D eigenvalue weighted by Crippen LogP contribution is 2.64. The fraction of sp³-hybridized carbons (Fsp3) is 0.594. The predicted octanol–water partition coefficient (Wildman–Crippen LogP) is 5.75. The van der Waals surface area contributed by atoms with Crippen LogP contribution in [0.2, 0.25) is 0 Å². The molecule has 190 valence electrons. The Morgan fingerprint density at radius 1 is 1.06 bits per heavy atom. The smallest absolute Gasteiger partial charge is 0.0927 e. The second kappa shape index (κ2) is 8.51. The van der Waals surface area contributed by atoms with E-state index < -0.39 is 5.60 Å². The van der Waals surface area contributed by atoms with Crippen LogP contribution in [0.3, 0.4) is 0 Å². The van der Waals surface area contributed by atoms with Crippen molar-refractivity contribution in [3.05, 3.63) is 65.5 Å². The molecule has 4 nitrogen and oxygen atoms in total. The van der Waals surface area contributed by atoms with Gasteiger partial charge in [0.15, 0.2) is 0 Å². The van der Waals surface area contributed by atoms with Crippen molar-refractivity contribution in [1.82, 2.24) is 9.88 Å². The van der Waals surface area contributed by atoms with Crippen LogP contribution in [0.1, 0.15) is 76.2 Å². The molecule has 2 N–H and O–H groups in total. The van der Waals surface area contributed by atoms with E-state index in [1.807, 2.05) is 12.4 Å². The fourth-order valence-electron chi connectivity index (χ4n) is 9.04. The number of pyridine rings is 1. The fourth-order valence-corrected chi connectivity index (χ4v) is 9.04. The van der Waals surface area contributed by atoms with Crippen LogP contribution in [-0.2, 0) is 0 Å². The van der Waals surface area contributed by atoms with Gasteiger partial charge in [0.25, 0.3) is 0 Å². The molecule has 1 aliphatic heterocycles. The summed E-state index contributed by atoms with van der Waals surface area (Å²) in [6, 6.07) is 9.60. The first kappa shape index (κ1) is 23.1. The zero-order valence-corrected chi connectivity index (χ0v) is 21.6. The molecule has 4 aliphatic carbocycles. The normalized spacial score (nSPS) is 40.7. The lowest BCUT2D eigenvalue weighted by molar-refractivity contribution is -0.0475. The minimum Gasteiger partial charge on any atom is -0.392 e. The number of nitrogens with zero attached hydrogens (tertiary/aromatic N) is 2. The third-order valence-corrected chi connectivity index (χ3v) is 11.0. The summed E-state index contributed by atoms with van der Waals surface area (Å²) in [7, 11) is 0. The molecule has 6 unspecified atom stereocenters. The van der Waals surface area contributed by atoms with Gasteiger partial charge < -0.3 is 10.2 Å². The first-order valence-electron chi connectivity index (χ1n) is 14.3. The molecule has 1 saturated heterocycles. The average Bonchev–Trinajstić information content (AvgIpc) is 3.44. The highest BCUT2D eigenvalue weighted by atomic mass is 16.3. The Hall–Kier alpha value is -2.01. The second-order valence-electron chi connectivity index (χ2n) is 12.8. The van der Waals surface area contributed by atoms with E-state index in [1.165, 1.54) is 34.8 Å². The van der Waals surface area contributed by atoms with Crippen molar-refractivity contribution in [2.45, 2.75) is 88.4 Å². The topological polar surface area (TPSA) is 56.6 Å². The first-order valence-corrected chi connectivity index (χ1v) is 14.3. The Balaban J connectivity index is 1.16. The minimum absolute atomic E-state index is 0.0797. The molecule has 2 heterocycles. The lowest BCUT2D eigenvalue weighted by Crippen LogP contribution is -2.49. The molecule has 0 spiro atoms. The molecule has 3 fully saturated rings. The first-order chi connectivity index (χ1) is 17.4. The SMILES string of the molecule is CC12CC=C3C=C4CCC(N5CCC(O)C5)CC4CC[C@]3(O)C1CCC2c1ccc2ccncc2c1. The molecule has 0 radical (unpaired) electrons. The Bertz CT molecular complexity index is 1240. The van der Waals surface area contributed by atoms with E-state index in [0.29, 0.717) is 23.8 Å². The van der Waals surface area contributed by atoms with Gasteiger partial charge in [-0.25, -0.2) is 0 Å². The molecule has 5 aliphatic rings.